The number of rotatable bonds is 4. The Kier molecular flexibility index (Phi) is 5.50. The average molecular weight is 616 g/mol. The van der Waals surface area contributed by atoms with Crippen molar-refractivity contribution in [2.75, 3.05) is 0 Å². The third-order valence-corrected chi connectivity index (χ3v) is 8.08. The van der Waals surface area contributed by atoms with Gasteiger partial charge < -0.3 is 4.18 Å². The van der Waals surface area contributed by atoms with Gasteiger partial charge >= 0.3 is 10.1 Å². The molecule has 0 fully saturated rings. The van der Waals surface area contributed by atoms with Crippen molar-refractivity contribution in [1.29, 1.82) is 0 Å². The van der Waals surface area contributed by atoms with Crippen LogP contribution in [0.3, 0.4) is 0 Å². The van der Waals surface area contributed by atoms with Crippen molar-refractivity contribution in [2.24, 2.45) is 0 Å². The van der Waals surface area contributed by atoms with Crippen LogP contribution in [-0.2, 0) is 20.2 Å². The molecular formula is C16H10I2O6S2. The summed E-state index contributed by atoms with van der Waals surface area (Å²) in [7, 11) is -8.53. The largest absolute Gasteiger partial charge is 0.379 e. The van der Waals surface area contributed by atoms with E-state index in [0.29, 0.717) is 0 Å². The van der Waals surface area contributed by atoms with Gasteiger partial charge in [-0.2, -0.15) is 16.8 Å². The highest BCUT2D eigenvalue weighted by molar-refractivity contribution is 14.1. The molecule has 26 heavy (non-hydrogen) atoms. The summed E-state index contributed by atoms with van der Waals surface area (Å²) in [4.78, 5) is -0.297. The smallest absolute Gasteiger partial charge is 0.339 e. The summed E-state index contributed by atoms with van der Waals surface area (Å²) in [5, 5.41) is 1.65. The van der Waals surface area contributed by atoms with Crippen molar-refractivity contribution in [1.82, 2.24) is 0 Å². The maximum atomic E-state index is 12.6. The molecule has 1 N–H and O–H groups in total. The van der Waals surface area contributed by atoms with Gasteiger partial charge in [-0.05, 0) is 80.2 Å². The molecule has 0 atom stereocenters. The number of benzene rings is 3. The standard InChI is InChI=1S/C16H10I2O6S2/c17-14-8-12(9-15(18)16(14)25(19,20)21)24-26(22,23)13-6-5-10-3-1-2-4-11(10)7-13/h1-9H,(H,19,20,21). The van der Waals surface area contributed by atoms with E-state index in [1.165, 1.54) is 24.3 Å². The quantitative estimate of drug-likeness (QED) is 0.270. The van der Waals surface area contributed by atoms with Gasteiger partial charge in [0.1, 0.15) is 15.5 Å². The van der Waals surface area contributed by atoms with Crippen LogP contribution >= 0.6 is 45.2 Å². The van der Waals surface area contributed by atoms with Crippen LogP contribution in [0.5, 0.6) is 5.75 Å². The molecule has 0 aliphatic heterocycles. The monoisotopic (exact) mass is 616 g/mol. The second-order valence-corrected chi connectivity index (χ2v) is 10.5. The first-order chi connectivity index (χ1) is 12.1. The Morgan fingerprint density at radius 2 is 1.38 bits per heavy atom. The van der Waals surface area contributed by atoms with E-state index in [1.54, 1.807) is 63.4 Å². The number of halogens is 2. The van der Waals surface area contributed by atoms with Gasteiger partial charge in [0.05, 0.1) is 0 Å². The van der Waals surface area contributed by atoms with Crippen molar-refractivity contribution in [2.45, 2.75) is 9.79 Å². The highest BCUT2D eigenvalue weighted by Crippen LogP contribution is 2.31. The highest BCUT2D eigenvalue weighted by Gasteiger charge is 2.23. The molecule has 0 aliphatic carbocycles. The van der Waals surface area contributed by atoms with E-state index in [0.717, 1.165) is 10.8 Å². The number of hydrogen-bond acceptors (Lipinski definition) is 5. The summed E-state index contributed by atoms with van der Waals surface area (Å²) < 4.78 is 62.6. The Morgan fingerprint density at radius 1 is 0.808 bits per heavy atom. The lowest BCUT2D eigenvalue weighted by Crippen LogP contribution is -2.11. The zero-order chi connectivity index (χ0) is 19.1. The zero-order valence-electron chi connectivity index (χ0n) is 12.8. The van der Waals surface area contributed by atoms with Gasteiger partial charge in [-0.25, -0.2) is 0 Å². The molecule has 136 valence electrons. The summed E-state index contributed by atoms with van der Waals surface area (Å²) in [6.45, 7) is 0. The van der Waals surface area contributed by atoms with E-state index in [4.69, 9.17) is 4.18 Å². The molecule has 0 saturated heterocycles. The maximum absolute atomic E-state index is 12.6. The summed E-state index contributed by atoms with van der Waals surface area (Å²) in [5.41, 5.74) is 0. The van der Waals surface area contributed by atoms with E-state index in [-0.39, 0.29) is 22.7 Å². The van der Waals surface area contributed by atoms with Gasteiger partial charge in [-0.3, -0.25) is 4.55 Å². The van der Waals surface area contributed by atoms with E-state index >= 15 is 0 Å². The molecular weight excluding hydrogens is 606 g/mol. The second kappa shape index (κ2) is 7.22. The third kappa shape index (κ3) is 4.13. The lowest BCUT2D eigenvalue weighted by atomic mass is 10.1. The van der Waals surface area contributed by atoms with Crippen LogP contribution in [0.15, 0.2) is 64.4 Å². The van der Waals surface area contributed by atoms with Crippen molar-refractivity contribution in [3.63, 3.8) is 0 Å². The molecule has 6 nitrogen and oxygen atoms in total. The molecule has 0 saturated carbocycles. The summed E-state index contributed by atoms with van der Waals surface area (Å²) in [6, 6.07) is 14.4. The van der Waals surface area contributed by atoms with Crippen LogP contribution < -0.4 is 4.18 Å². The minimum atomic E-state index is -4.42. The van der Waals surface area contributed by atoms with Crippen molar-refractivity contribution in [3.05, 3.63) is 61.7 Å². The molecule has 3 aromatic carbocycles. The Labute approximate surface area is 177 Å². The molecule has 3 rings (SSSR count). The first-order valence-electron chi connectivity index (χ1n) is 6.98. The average Bonchev–Trinajstić information content (AvgIpc) is 2.51. The van der Waals surface area contributed by atoms with Crippen LogP contribution in [-0.4, -0.2) is 21.4 Å². The van der Waals surface area contributed by atoms with Crippen LogP contribution in [0.25, 0.3) is 10.8 Å². The second-order valence-electron chi connectivity index (χ2n) is 5.24. The molecule has 10 heteroatoms. The molecule has 0 radical (unpaired) electrons. The molecule has 3 aromatic rings. The maximum Gasteiger partial charge on any atom is 0.339 e. The van der Waals surface area contributed by atoms with E-state index in [1.807, 2.05) is 12.1 Å². The van der Waals surface area contributed by atoms with E-state index in [9.17, 15) is 21.4 Å². The Balaban J connectivity index is 2.01. The van der Waals surface area contributed by atoms with E-state index in [2.05, 4.69) is 0 Å². The molecule has 0 spiro atoms. The molecule has 0 amide bonds. The first-order valence-corrected chi connectivity index (χ1v) is 12.0. The molecule has 0 heterocycles. The molecule has 0 aliphatic rings. The topological polar surface area (TPSA) is 97.7 Å². The lowest BCUT2D eigenvalue weighted by Gasteiger charge is -2.11. The number of fused-ring (bicyclic) bond motifs is 1. The van der Waals surface area contributed by atoms with Gasteiger partial charge in [-0.15, -0.1) is 0 Å². The van der Waals surface area contributed by atoms with Crippen LogP contribution in [0.4, 0.5) is 0 Å². The lowest BCUT2D eigenvalue weighted by molar-refractivity contribution is 0.480. The van der Waals surface area contributed by atoms with E-state index < -0.39 is 20.2 Å². The predicted molar refractivity (Wildman–Crippen MR) is 113 cm³/mol. The summed E-state index contributed by atoms with van der Waals surface area (Å²) in [6.07, 6.45) is 0. The molecule has 0 bridgehead atoms. The normalized spacial score (nSPS) is 12.3. The third-order valence-electron chi connectivity index (χ3n) is 3.45. The molecule has 0 unspecified atom stereocenters. The van der Waals surface area contributed by atoms with Gasteiger partial charge in [0, 0.05) is 7.14 Å². The van der Waals surface area contributed by atoms with Crippen LogP contribution in [0, 0.1) is 7.14 Å². The Bertz CT molecular complexity index is 1200. The predicted octanol–water partition coefficient (Wildman–Crippen LogP) is 4.06. The van der Waals surface area contributed by atoms with Gasteiger partial charge in [0.2, 0.25) is 0 Å². The van der Waals surface area contributed by atoms with Gasteiger partial charge in [0.15, 0.2) is 0 Å². The van der Waals surface area contributed by atoms with Gasteiger partial charge in [-0.1, -0.05) is 30.3 Å². The Morgan fingerprint density at radius 3 is 1.96 bits per heavy atom. The fraction of sp³-hybridized carbons (Fsp3) is 0. The zero-order valence-corrected chi connectivity index (χ0v) is 18.7. The van der Waals surface area contributed by atoms with Crippen molar-refractivity contribution < 1.29 is 25.6 Å². The first kappa shape index (κ1) is 19.8. The minimum absolute atomic E-state index is 0.0138. The minimum Gasteiger partial charge on any atom is -0.379 e. The summed E-state index contributed by atoms with van der Waals surface area (Å²) >= 11 is 3.39. The van der Waals surface area contributed by atoms with Crippen LogP contribution in [0.1, 0.15) is 0 Å². The fourth-order valence-electron chi connectivity index (χ4n) is 2.33. The van der Waals surface area contributed by atoms with Crippen molar-refractivity contribution in [3.8, 4) is 5.75 Å². The molecule has 0 aromatic heterocycles. The van der Waals surface area contributed by atoms with Crippen molar-refractivity contribution >= 4 is 76.2 Å². The van der Waals surface area contributed by atoms with Crippen LogP contribution in [0.2, 0.25) is 0 Å². The number of hydrogen-bond donors (Lipinski definition) is 1. The SMILES string of the molecule is O=S(=O)(O)c1c(I)cc(OS(=O)(=O)c2ccc3ccccc3c2)cc1I. The van der Waals surface area contributed by atoms with Gasteiger partial charge in [0.25, 0.3) is 10.1 Å². The summed E-state index contributed by atoms with van der Waals surface area (Å²) in [5.74, 6) is -0.0423. The fourth-order valence-corrected chi connectivity index (χ4v) is 7.27. The highest BCUT2D eigenvalue weighted by atomic mass is 127. The Hall–Kier alpha value is -0.960.